The molecule has 1 aromatic rings. The van der Waals surface area contributed by atoms with Crippen LogP contribution in [0.3, 0.4) is 0 Å². The maximum Gasteiger partial charge on any atom is 0.129 e. The van der Waals surface area contributed by atoms with Crippen LogP contribution in [0, 0.1) is 11.6 Å². The van der Waals surface area contributed by atoms with Crippen molar-refractivity contribution in [2.75, 3.05) is 7.11 Å². The molecule has 0 radical (unpaired) electrons. The van der Waals surface area contributed by atoms with Crippen molar-refractivity contribution in [2.45, 2.75) is 43.8 Å². The highest BCUT2D eigenvalue weighted by atomic mass is 19.1. The van der Waals surface area contributed by atoms with Gasteiger partial charge in [0.2, 0.25) is 0 Å². The summed E-state index contributed by atoms with van der Waals surface area (Å²) in [5.74, 6) is -1.19. The van der Waals surface area contributed by atoms with Crippen molar-refractivity contribution < 1.29 is 18.6 Å². The molecule has 2 nitrogen and oxygen atoms in total. The maximum absolute atomic E-state index is 13.6. The van der Waals surface area contributed by atoms with Crippen molar-refractivity contribution >= 4 is 0 Å². The molecule has 1 aliphatic rings. The zero-order valence-corrected chi connectivity index (χ0v) is 10.5. The monoisotopic (exact) mass is 256 g/mol. The van der Waals surface area contributed by atoms with Gasteiger partial charge in [-0.15, -0.1) is 0 Å². The van der Waals surface area contributed by atoms with Crippen LogP contribution in [0.1, 0.15) is 31.2 Å². The van der Waals surface area contributed by atoms with Gasteiger partial charge in [-0.2, -0.15) is 0 Å². The van der Waals surface area contributed by atoms with Gasteiger partial charge in [0.25, 0.3) is 0 Å². The minimum absolute atomic E-state index is 0.0206. The standard InChI is InChI=1S/C14H18F2O2/c1-18-12-3-2-6-14(17,9-12)8-10-4-5-11(15)7-13(10)16/h4-5,7,12,17H,2-3,6,8-9H2,1H3. The molecule has 1 aromatic carbocycles. The molecule has 0 amide bonds. The van der Waals surface area contributed by atoms with Crippen LogP contribution in [0.25, 0.3) is 0 Å². The fourth-order valence-electron chi connectivity index (χ4n) is 2.67. The molecule has 0 heterocycles. The normalized spacial score (nSPS) is 28.3. The van der Waals surface area contributed by atoms with Crippen LogP contribution < -0.4 is 0 Å². The molecule has 100 valence electrons. The van der Waals surface area contributed by atoms with Gasteiger partial charge in [0.1, 0.15) is 11.6 Å². The number of benzene rings is 1. The SMILES string of the molecule is COC1CCCC(O)(Cc2ccc(F)cc2F)C1. The molecule has 1 N–H and O–H groups in total. The fraction of sp³-hybridized carbons (Fsp3) is 0.571. The van der Waals surface area contributed by atoms with Gasteiger partial charge in [-0.05, 0) is 30.9 Å². The topological polar surface area (TPSA) is 29.5 Å². The van der Waals surface area contributed by atoms with E-state index in [0.29, 0.717) is 18.4 Å². The van der Waals surface area contributed by atoms with Gasteiger partial charge in [0.15, 0.2) is 0 Å². The summed E-state index contributed by atoms with van der Waals surface area (Å²) < 4.78 is 31.6. The predicted molar refractivity (Wildman–Crippen MR) is 64.3 cm³/mol. The summed E-state index contributed by atoms with van der Waals surface area (Å²) in [7, 11) is 1.62. The first kappa shape index (κ1) is 13.4. The van der Waals surface area contributed by atoms with E-state index in [9.17, 15) is 13.9 Å². The van der Waals surface area contributed by atoms with E-state index in [1.54, 1.807) is 7.11 Å². The third-order valence-electron chi connectivity index (χ3n) is 3.64. The lowest BCUT2D eigenvalue weighted by molar-refractivity contribution is -0.0585. The lowest BCUT2D eigenvalue weighted by Crippen LogP contribution is -2.40. The largest absolute Gasteiger partial charge is 0.389 e. The molecule has 18 heavy (non-hydrogen) atoms. The first-order valence-electron chi connectivity index (χ1n) is 6.21. The Balaban J connectivity index is 2.11. The molecule has 0 bridgehead atoms. The summed E-state index contributed by atoms with van der Waals surface area (Å²) in [6.07, 6.45) is 3.14. The van der Waals surface area contributed by atoms with Gasteiger partial charge >= 0.3 is 0 Å². The van der Waals surface area contributed by atoms with Crippen LogP contribution in [-0.2, 0) is 11.2 Å². The predicted octanol–water partition coefficient (Wildman–Crippen LogP) is 2.83. The van der Waals surface area contributed by atoms with Crippen molar-refractivity contribution in [3.8, 4) is 0 Å². The summed E-state index contributed by atoms with van der Waals surface area (Å²) in [6, 6.07) is 3.48. The first-order chi connectivity index (χ1) is 8.52. The zero-order chi connectivity index (χ0) is 13.2. The third kappa shape index (κ3) is 3.06. The summed E-state index contributed by atoms with van der Waals surface area (Å²) >= 11 is 0. The lowest BCUT2D eigenvalue weighted by Gasteiger charge is -2.36. The summed E-state index contributed by atoms with van der Waals surface area (Å²) in [4.78, 5) is 0. The van der Waals surface area contributed by atoms with E-state index in [4.69, 9.17) is 4.74 Å². The highest BCUT2D eigenvalue weighted by Gasteiger charge is 2.35. The molecular weight excluding hydrogens is 238 g/mol. The zero-order valence-electron chi connectivity index (χ0n) is 10.5. The number of methoxy groups -OCH3 is 1. The van der Waals surface area contributed by atoms with Crippen LogP contribution >= 0.6 is 0 Å². The number of hydrogen-bond acceptors (Lipinski definition) is 2. The second-order valence-electron chi connectivity index (χ2n) is 5.09. The fourth-order valence-corrected chi connectivity index (χ4v) is 2.67. The van der Waals surface area contributed by atoms with Crippen molar-refractivity contribution in [2.24, 2.45) is 0 Å². The van der Waals surface area contributed by atoms with E-state index in [0.717, 1.165) is 18.9 Å². The highest BCUT2D eigenvalue weighted by molar-refractivity contribution is 5.20. The molecule has 2 rings (SSSR count). The summed E-state index contributed by atoms with van der Waals surface area (Å²) in [6.45, 7) is 0. The summed E-state index contributed by atoms with van der Waals surface area (Å²) in [5.41, 5.74) is -0.590. The molecule has 4 heteroatoms. The van der Waals surface area contributed by atoms with E-state index in [1.807, 2.05) is 0 Å². The minimum Gasteiger partial charge on any atom is -0.389 e. The number of hydrogen-bond donors (Lipinski definition) is 1. The molecule has 2 atom stereocenters. The Bertz CT molecular complexity index is 422. The van der Waals surface area contributed by atoms with Crippen LogP contribution in [0.15, 0.2) is 18.2 Å². The Morgan fingerprint density at radius 1 is 1.44 bits per heavy atom. The lowest BCUT2D eigenvalue weighted by atomic mass is 9.79. The Morgan fingerprint density at radius 3 is 2.89 bits per heavy atom. The van der Waals surface area contributed by atoms with E-state index in [1.165, 1.54) is 12.1 Å². The second kappa shape index (κ2) is 5.33. The van der Waals surface area contributed by atoms with Crippen LogP contribution in [-0.4, -0.2) is 23.9 Å². The van der Waals surface area contributed by atoms with Crippen molar-refractivity contribution in [3.63, 3.8) is 0 Å². The Morgan fingerprint density at radius 2 is 2.22 bits per heavy atom. The van der Waals surface area contributed by atoms with Gasteiger partial charge < -0.3 is 9.84 Å². The first-order valence-corrected chi connectivity index (χ1v) is 6.21. The van der Waals surface area contributed by atoms with E-state index in [-0.39, 0.29) is 12.5 Å². The van der Waals surface area contributed by atoms with Crippen molar-refractivity contribution in [3.05, 3.63) is 35.4 Å². The van der Waals surface area contributed by atoms with Crippen LogP contribution in [0.2, 0.25) is 0 Å². The van der Waals surface area contributed by atoms with Crippen molar-refractivity contribution in [1.82, 2.24) is 0 Å². The molecular formula is C14H18F2O2. The Labute approximate surface area is 106 Å². The molecule has 1 saturated carbocycles. The average molecular weight is 256 g/mol. The molecule has 0 spiro atoms. The quantitative estimate of drug-likeness (QED) is 0.901. The molecule has 0 saturated heterocycles. The number of rotatable bonds is 3. The van der Waals surface area contributed by atoms with Gasteiger partial charge in [-0.25, -0.2) is 8.78 Å². The van der Waals surface area contributed by atoms with Crippen LogP contribution in [0.4, 0.5) is 8.78 Å². The second-order valence-corrected chi connectivity index (χ2v) is 5.09. The number of aliphatic hydroxyl groups is 1. The summed E-state index contributed by atoms with van der Waals surface area (Å²) in [5, 5.41) is 10.5. The van der Waals surface area contributed by atoms with E-state index in [2.05, 4.69) is 0 Å². The van der Waals surface area contributed by atoms with Crippen molar-refractivity contribution in [1.29, 1.82) is 0 Å². The molecule has 1 fully saturated rings. The van der Waals surface area contributed by atoms with Gasteiger partial charge in [-0.3, -0.25) is 0 Å². The smallest absolute Gasteiger partial charge is 0.129 e. The van der Waals surface area contributed by atoms with Gasteiger partial charge in [0, 0.05) is 26.0 Å². The average Bonchev–Trinajstić information content (AvgIpc) is 2.33. The molecule has 0 aromatic heterocycles. The Kier molecular flexibility index (Phi) is 3.97. The molecule has 0 aliphatic heterocycles. The number of halogens is 2. The number of ether oxygens (including phenoxy) is 1. The van der Waals surface area contributed by atoms with Gasteiger partial charge in [-0.1, -0.05) is 6.07 Å². The van der Waals surface area contributed by atoms with E-state index < -0.39 is 17.2 Å². The minimum atomic E-state index is -0.947. The Hall–Kier alpha value is -1.00. The molecule has 1 aliphatic carbocycles. The third-order valence-corrected chi connectivity index (χ3v) is 3.64. The van der Waals surface area contributed by atoms with Crippen LogP contribution in [0.5, 0.6) is 0 Å². The highest BCUT2D eigenvalue weighted by Crippen LogP contribution is 2.33. The molecule has 2 unspecified atom stereocenters. The van der Waals surface area contributed by atoms with E-state index >= 15 is 0 Å². The van der Waals surface area contributed by atoms with Gasteiger partial charge in [0.05, 0.1) is 11.7 Å². The maximum atomic E-state index is 13.6.